The molecular formula is C17H23ClN8O. The normalized spacial score (nSPS) is 12.5. The molecule has 0 bridgehead atoms. The Hall–Kier alpha value is -2.65. The molecule has 9 nitrogen and oxygen atoms in total. The quantitative estimate of drug-likeness (QED) is 0.451. The van der Waals surface area contributed by atoms with Crippen molar-refractivity contribution in [2.45, 2.75) is 26.4 Å². The highest BCUT2D eigenvalue weighted by atomic mass is 35.5. The van der Waals surface area contributed by atoms with Crippen LogP contribution in [-0.2, 0) is 13.6 Å². The zero-order valence-electron chi connectivity index (χ0n) is 15.4. The van der Waals surface area contributed by atoms with Crippen LogP contribution in [0.15, 0.2) is 18.2 Å². The van der Waals surface area contributed by atoms with Gasteiger partial charge in [-0.2, -0.15) is 9.97 Å². The van der Waals surface area contributed by atoms with Crippen LogP contribution >= 0.6 is 11.6 Å². The van der Waals surface area contributed by atoms with Gasteiger partial charge in [0.2, 0.25) is 5.95 Å². The van der Waals surface area contributed by atoms with Gasteiger partial charge in [-0.05, 0) is 18.1 Å². The molecule has 0 amide bonds. The number of nitrogen functional groups attached to an aromatic ring is 1. The molecule has 2 aromatic heterocycles. The number of aryl methyl sites for hydroxylation is 1. The molecule has 2 heterocycles. The first kappa shape index (κ1) is 19.1. The molecule has 0 unspecified atom stereocenters. The SMILES string of the molecule is CC(C)[C@H](CO)Nc1nc(NCc2c(N)cccc2Cl)c2nnn(C)c2n1. The molecule has 0 saturated carbocycles. The van der Waals surface area contributed by atoms with Gasteiger partial charge >= 0.3 is 0 Å². The van der Waals surface area contributed by atoms with Crippen molar-refractivity contribution in [3.8, 4) is 0 Å². The zero-order chi connectivity index (χ0) is 19.6. The number of benzene rings is 1. The van der Waals surface area contributed by atoms with Crippen molar-refractivity contribution < 1.29 is 5.11 Å². The number of nitrogens with one attached hydrogen (secondary N) is 2. The van der Waals surface area contributed by atoms with Gasteiger partial charge in [0.25, 0.3) is 0 Å². The number of nitrogens with zero attached hydrogens (tertiary/aromatic N) is 5. The summed E-state index contributed by atoms with van der Waals surface area (Å²) in [4.78, 5) is 8.98. The topological polar surface area (TPSA) is 127 Å². The Kier molecular flexibility index (Phi) is 5.62. The van der Waals surface area contributed by atoms with E-state index in [-0.39, 0.29) is 18.6 Å². The van der Waals surface area contributed by atoms with Gasteiger partial charge in [0, 0.05) is 29.9 Å². The molecular weight excluding hydrogens is 368 g/mol. The second-order valence-corrected chi connectivity index (χ2v) is 7.03. The summed E-state index contributed by atoms with van der Waals surface area (Å²) in [6, 6.07) is 5.21. The molecule has 5 N–H and O–H groups in total. The van der Waals surface area contributed by atoms with Gasteiger partial charge in [-0.1, -0.05) is 36.7 Å². The molecule has 0 fully saturated rings. The number of rotatable bonds is 7. The maximum atomic E-state index is 9.58. The second-order valence-electron chi connectivity index (χ2n) is 6.62. The van der Waals surface area contributed by atoms with Crippen LogP contribution in [0, 0.1) is 5.92 Å². The van der Waals surface area contributed by atoms with E-state index < -0.39 is 0 Å². The third-order valence-corrected chi connectivity index (χ3v) is 4.71. The summed E-state index contributed by atoms with van der Waals surface area (Å²) in [6.45, 7) is 4.37. The Morgan fingerprint density at radius 3 is 2.74 bits per heavy atom. The van der Waals surface area contributed by atoms with Gasteiger partial charge in [-0.25, -0.2) is 4.68 Å². The lowest BCUT2D eigenvalue weighted by Crippen LogP contribution is -2.30. The van der Waals surface area contributed by atoms with E-state index >= 15 is 0 Å². The highest BCUT2D eigenvalue weighted by molar-refractivity contribution is 6.31. The molecule has 0 spiro atoms. The fraction of sp³-hybridized carbons (Fsp3) is 0.412. The number of aliphatic hydroxyl groups excluding tert-OH is 1. The summed E-state index contributed by atoms with van der Waals surface area (Å²) in [5, 5.41) is 24.7. The van der Waals surface area contributed by atoms with Crippen LogP contribution in [0.25, 0.3) is 11.2 Å². The number of hydrogen-bond donors (Lipinski definition) is 4. The summed E-state index contributed by atoms with van der Waals surface area (Å²) in [6.07, 6.45) is 0. The van der Waals surface area contributed by atoms with E-state index in [1.54, 1.807) is 29.9 Å². The van der Waals surface area contributed by atoms with Crippen LogP contribution in [-0.4, -0.2) is 42.7 Å². The third kappa shape index (κ3) is 4.04. The van der Waals surface area contributed by atoms with Crippen molar-refractivity contribution in [2.75, 3.05) is 23.0 Å². The average molecular weight is 391 g/mol. The molecule has 0 radical (unpaired) electrons. The van der Waals surface area contributed by atoms with Crippen LogP contribution in [0.1, 0.15) is 19.4 Å². The van der Waals surface area contributed by atoms with E-state index in [1.807, 2.05) is 13.8 Å². The zero-order valence-corrected chi connectivity index (χ0v) is 16.2. The molecule has 144 valence electrons. The number of aliphatic hydroxyl groups is 1. The van der Waals surface area contributed by atoms with Crippen molar-refractivity contribution in [2.24, 2.45) is 13.0 Å². The first-order chi connectivity index (χ1) is 12.9. The summed E-state index contributed by atoms with van der Waals surface area (Å²) in [5.74, 6) is 1.10. The fourth-order valence-electron chi connectivity index (χ4n) is 2.63. The van der Waals surface area contributed by atoms with Gasteiger partial charge in [0.05, 0.1) is 12.6 Å². The van der Waals surface area contributed by atoms with Crippen molar-refractivity contribution in [3.63, 3.8) is 0 Å². The minimum atomic E-state index is -0.171. The van der Waals surface area contributed by atoms with E-state index in [0.717, 1.165) is 5.56 Å². The third-order valence-electron chi connectivity index (χ3n) is 4.35. The average Bonchev–Trinajstić information content (AvgIpc) is 3.00. The predicted molar refractivity (Wildman–Crippen MR) is 107 cm³/mol. The lowest BCUT2D eigenvalue weighted by atomic mass is 10.1. The van der Waals surface area contributed by atoms with E-state index in [1.165, 1.54) is 0 Å². The molecule has 10 heteroatoms. The first-order valence-electron chi connectivity index (χ1n) is 8.62. The number of nitrogens with two attached hydrogens (primary N) is 1. The van der Waals surface area contributed by atoms with Gasteiger partial charge < -0.3 is 21.5 Å². The molecule has 1 atom stereocenters. The lowest BCUT2D eigenvalue weighted by molar-refractivity contribution is 0.248. The highest BCUT2D eigenvalue weighted by Crippen LogP contribution is 2.25. The first-order valence-corrected chi connectivity index (χ1v) is 9.00. The Morgan fingerprint density at radius 2 is 2.07 bits per heavy atom. The molecule has 0 aliphatic heterocycles. The minimum absolute atomic E-state index is 0.0262. The number of hydrogen-bond acceptors (Lipinski definition) is 8. The molecule has 0 saturated heterocycles. The summed E-state index contributed by atoms with van der Waals surface area (Å²) < 4.78 is 1.57. The molecule has 3 aromatic rings. The molecule has 0 aliphatic rings. The monoisotopic (exact) mass is 390 g/mol. The lowest BCUT2D eigenvalue weighted by Gasteiger charge is -2.20. The van der Waals surface area contributed by atoms with Crippen molar-refractivity contribution in [3.05, 3.63) is 28.8 Å². The van der Waals surface area contributed by atoms with Gasteiger partial charge in [-0.15, -0.1) is 5.10 Å². The molecule has 27 heavy (non-hydrogen) atoms. The number of halogens is 1. The largest absolute Gasteiger partial charge is 0.398 e. The number of aromatic nitrogens is 5. The van der Waals surface area contributed by atoms with Crippen LogP contribution in [0.3, 0.4) is 0 Å². The summed E-state index contributed by atoms with van der Waals surface area (Å²) >= 11 is 6.25. The fourth-order valence-corrected chi connectivity index (χ4v) is 2.87. The Labute approximate surface area is 161 Å². The number of fused-ring (bicyclic) bond motifs is 1. The van der Waals surface area contributed by atoms with Crippen molar-refractivity contribution in [1.29, 1.82) is 0 Å². The van der Waals surface area contributed by atoms with Gasteiger partial charge in [0.1, 0.15) is 0 Å². The van der Waals surface area contributed by atoms with E-state index in [4.69, 9.17) is 17.3 Å². The van der Waals surface area contributed by atoms with Crippen LogP contribution in [0.2, 0.25) is 5.02 Å². The Morgan fingerprint density at radius 1 is 1.30 bits per heavy atom. The molecule has 0 aliphatic carbocycles. The van der Waals surface area contributed by atoms with Crippen LogP contribution < -0.4 is 16.4 Å². The van der Waals surface area contributed by atoms with E-state index in [0.29, 0.717) is 40.2 Å². The summed E-state index contributed by atoms with van der Waals surface area (Å²) in [7, 11) is 1.76. The second kappa shape index (κ2) is 7.93. The Balaban J connectivity index is 1.94. The van der Waals surface area contributed by atoms with Crippen molar-refractivity contribution in [1.82, 2.24) is 25.0 Å². The summed E-state index contributed by atoms with van der Waals surface area (Å²) in [5.41, 5.74) is 8.51. The smallest absolute Gasteiger partial charge is 0.227 e. The minimum Gasteiger partial charge on any atom is -0.398 e. The van der Waals surface area contributed by atoms with Crippen LogP contribution in [0.5, 0.6) is 0 Å². The van der Waals surface area contributed by atoms with Crippen molar-refractivity contribution >= 4 is 40.2 Å². The van der Waals surface area contributed by atoms with Gasteiger partial charge in [0.15, 0.2) is 17.0 Å². The van der Waals surface area contributed by atoms with Crippen LogP contribution in [0.4, 0.5) is 17.5 Å². The highest BCUT2D eigenvalue weighted by Gasteiger charge is 2.18. The number of anilines is 3. The maximum Gasteiger partial charge on any atom is 0.227 e. The van der Waals surface area contributed by atoms with E-state index in [2.05, 4.69) is 30.9 Å². The molecule has 1 aromatic carbocycles. The van der Waals surface area contributed by atoms with Gasteiger partial charge in [-0.3, -0.25) is 0 Å². The maximum absolute atomic E-state index is 9.58. The predicted octanol–water partition coefficient (Wildman–Crippen LogP) is 2.03. The standard InChI is InChI=1S/C17H23ClN8O/c1-9(2)13(8-27)21-17-22-15(14-16(23-17)26(3)25-24-14)20-7-10-11(18)5-4-6-12(10)19/h4-6,9,13,27H,7-8,19H2,1-3H3,(H2,20,21,22,23)/t13-/m0/s1. The Bertz CT molecular complexity index is 922. The van der Waals surface area contributed by atoms with E-state index in [9.17, 15) is 5.11 Å². The molecule has 3 rings (SSSR count).